The standard InChI is InChI=1S/C13H17ClN2OS.ClH/c14-12-3-1-11(18-12)2-4-13(17)16-9-10-5-7-15-8-6-10;/h1,3,5,15H,2,4,6-9H2,(H,16,17);1H. The van der Waals surface area contributed by atoms with E-state index in [0.29, 0.717) is 13.0 Å². The van der Waals surface area contributed by atoms with Gasteiger partial charge in [0.05, 0.1) is 4.34 Å². The summed E-state index contributed by atoms with van der Waals surface area (Å²) in [6, 6.07) is 3.86. The van der Waals surface area contributed by atoms with Gasteiger partial charge in [-0.3, -0.25) is 4.79 Å². The van der Waals surface area contributed by atoms with Crippen LogP contribution < -0.4 is 10.6 Å². The minimum atomic E-state index is 0. The first-order chi connectivity index (χ1) is 8.74. The molecule has 2 heterocycles. The van der Waals surface area contributed by atoms with Crippen LogP contribution in [0, 0.1) is 0 Å². The summed E-state index contributed by atoms with van der Waals surface area (Å²) in [6.07, 6.45) is 4.48. The van der Waals surface area contributed by atoms with Gasteiger partial charge in [-0.2, -0.15) is 0 Å². The zero-order valence-electron chi connectivity index (χ0n) is 10.6. The van der Waals surface area contributed by atoms with E-state index in [1.165, 1.54) is 5.57 Å². The molecule has 0 aliphatic carbocycles. The predicted molar refractivity (Wildman–Crippen MR) is 83.5 cm³/mol. The number of halogens is 2. The summed E-state index contributed by atoms with van der Waals surface area (Å²) in [5.74, 6) is 0.110. The van der Waals surface area contributed by atoms with Gasteiger partial charge in [0.1, 0.15) is 0 Å². The molecule has 2 N–H and O–H groups in total. The number of carbonyl (C=O) groups is 1. The van der Waals surface area contributed by atoms with Crippen LogP contribution in [-0.4, -0.2) is 25.5 Å². The van der Waals surface area contributed by atoms with Crippen molar-refractivity contribution in [2.45, 2.75) is 19.3 Å². The van der Waals surface area contributed by atoms with Crippen LogP contribution in [0.4, 0.5) is 0 Å². The van der Waals surface area contributed by atoms with Crippen molar-refractivity contribution in [3.05, 3.63) is 33.0 Å². The van der Waals surface area contributed by atoms with Crippen molar-refractivity contribution in [3.63, 3.8) is 0 Å². The van der Waals surface area contributed by atoms with E-state index in [9.17, 15) is 4.79 Å². The molecule has 0 unspecified atom stereocenters. The minimum Gasteiger partial charge on any atom is -0.352 e. The third-order valence-corrected chi connectivity index (χ3v) is 4.19. The highest BCUT2D eigenvalue weighted by molar-refractivity contribution is 7.16. The zero-order valence-corrected chi connectivity index (χ0v) is 13.0. The highest BCUT2D eigenvalue weighted by Crippen LogP contribution is 2.22. The predicted octanol–water partition coefficient (Wildman–Crippen LogP) is 2.79. The van der Waals surface area contributed by atoms with Gasteiger partial charge in [0.2, 0.25) is 5.91 Å². The lowest BCUT2D eigenvalue weighted by Crippen LogP contribution is -2.29. The normalized spacial score (nSPS) is 14.5. The van der Waals surface area contributed by atoms with Crippen LogP contribution in [-0.2, 0) is 11.2 Å². The molecule has 3 nitrogen and oxygen atoms in total. The van der Waals surface area contributed by atoms with Gasteiger partial charge in [-0.15, -0.1) is 23.7 Å². The molecule has 1 amide bonds. The Kier molecular flexibility index (Phi) is 7.46. The Morgan fingerprint density at radius 3 is 2.95 bits per heavy atom. The second-order valence-corrected chi connectivity index (χ2v) is 6.10. The number of carbonyl (C=O) groups excluding carboxylic acids is 1. The Labute approximate surface area is 128 Å². The van der Waals surface area contributed by atoms with Crippen molar-refractivity contribution in [2.24, 2.45) is 0 Å². The van der Waals surface area contributed by atoms with E-state index in [4.69, 9.17) is 11.6 Å². The lowest BCUT2D eigenvalue weighted by molar-refractivity contribution is -0.120. The van der Waals surface area contributed by atoms with Crippen molar-refractivity contribution in [1.29, 1.82) is 0 Å². The SMILES string of the molecule is Cl.O=C(CCc1ccc(Cl)s1)NCC1=CCNCC1. The first-order valence-corrected chi connectivity index (χ1v) is 7.33. The summed E-state index contributed by atoms with van der Waals surface area (Å²) in [5, 5.41) is 6.22. The fourth-order valence-electron chi connectivity index (χ4n) is 1.85. The number of hydrogen-bond donors (Lipinski definition) is 2. The van der Waals surface area contributed by atoms with Crippen LogP contribution >= 0.6 is 35.3 Å². The van der Waals surface area contributed by atoms with E-state index in [0.717, 1.165) is 35.1 Å². The van der Waals surface area contributed by atoms with Crippen LogP contribution in [0.3, 0.4) is 0 Å². The van der Waals surface area contributed by atoms with Crippen molar-refractivity contribution < 1.29 is 4.79 Å². The van der Waals surface area contributed by atoms with E-state index in [1.54, 1.807) is 11.3 Å². The quantitative estimate of drug-likeness (QED) is 0.819. The minimum absolute atomic E-state index is 0. The fourth-order valence-corrected chi connectivity index (χ4v) is 2.94. The first-order valence-electron chi connectivity index (χ1n) is 6.13. The number of rotatable bonds is 5. The van der Waals surface area contributed by atoms with E-state index in [-0.39, 0.29) is 18.3 Å². The van der Waals surface area contributed by atoms with Crippen LogP contribution in [0.5, 0.6) is 0 Å². The van der Waals surface area contributed by atoms with Gasteiger partial charge in [-0.25, -0.2) is 0 Å². The Morgan fingerprint density at radius 1 is 1.47 bits per heavy atom. The molecular formula is C13H18Cl2N2OS. The third-order valence-electron chi connectivity index (χ3n) is 2.90. The van der Waals surface area contributed by atoms with Gasteiger partial charge in [0.15, 0.2) is 0 Å². The second kappa shape index (κ2) is 8.59. The topological polar surface area (TPSA) is 41.1 Å². The maximum Gasteiger partial charge on any atom is 0.220 e. The van der Waals surface area contributed by atoms with Gasteiger partial charge in [-0.05, 0) is 31.5 Å². The molecule has 1 aliphatic heterocycles. The summed E-state index contributed by atoms with van der Waals surface area (Å²) >= 11 is 7.38. The molecule has 106 valence electrons. The van der Waals surface area contributed by atoms with Gasteiger partial charge in [-0.1, -0.05) is 23.3 Å². The molecule has 0 saturated carbocycles. The number of amides is 1. The highest BCUT2D eigenvalue weighted by atomic mass is 35.5. The van der Waals surface area contributed by atoms with Gasteiger partial charge in [0.25, 0.3) is 0 Å². The fraction of sp³-hybridized carbons (Fsp3) is 0.462. The molecule has 19 heavy (non-hydrogen) atoms. The molecule has 0 bridgehead atoms. The summed E-state index contributed by atoms with van der Waals surface area (Å²) in [6.45, 7) is 2.61. The van der Waals surface area contributed by atoms with Gasteiger partial charge >= 0.3 is 0 Å². The maximum absolute atomic E-state index is 11.7. The molecule has 0 saturated heterocycles. The average Bonchev–Trinajstić information content (AvgIpc) is 2.81. The second-order valence-electron chi connectivity index (χ2n) is 4.30. The first kappa shape index (κ1) is 16.5. The smallest absolute Gasteiger partial charge is 0.220 e. The lowest BCUT2D eigenvalue weighted by atomic mass is 10.1. The zero-order chi connectivity index (χ0) is 12.8. The van der Waals surface area contributed by atoms with E-state index >= 15 is 0 Å². The van der Waals surface area contributed by atoms with Crippen molar-refractivity contribution in [1.82, 2.24) is 10.6 Å². The van der Waals surface area contributed by atoms with E-state index < -0.39 is 0 Å². The van der Waals surface area contributed by atoms with Crippen molar-refractivity contribution >= 4 is 41.3 Å². The maximum atomic E-state index is 11.7. The third kappa shape index (κ3) is 5.95. The van der Waals surface area contributed by atoms with Crippen molar-refractivity contribution in [2.75, 3.05) is 19.6 Å². The van der Waals surface area contributed by atoms with Crippen LogP contribution in [0.25, 0.3) is 0 Å². The molecule has 1 aromatic rings. The van der Waals surface area contributed by atoms with Gasteiger partial charge in [0, 0.05) is 24.4 Å². The molecule has 0 atom stereocenters. The molecule has 0 aromatic carbocycles. The molecule has 0 radical (unpaired) electrons. The number of aryl methyl sites for hydroxylation is 1. The molecule has 0 spiro atoms. The number of thiophene rings is 1. The number of hydrogen-bond acceptors (Lipinski definition) is 3. The van der Waals surface area contributed by atoms with Crippen LogP contribution in [0.15, 0.2) is 23.8 Å². The molecule has 1 aromatic heterocycles. The molecule has 1 aliphatic rings. The average molecular weight is 321 g/mol. The molecule has 0 fully saturated rings. The Morgan fingerprint density at radius 2 is 2.32 bits per heavy atom. The molecule has 2 rings (SSSR count). The van der Waals surface area contributed by atoms with Crippen LogP contribution in [0.2, 0.25) is 4.34 Å². The largest absolute Gasteiger partial charge is 0.352 e. The highest BCUT2D eigenvalue weighted by Gasteiger charge is 2.06. The Bertz CT molecular complexity index is 446. The monoisotopic (exact) mass is 320 g/mol. The molecular weight excluding hydrogens is 303 g/mol. The summed E-state index contributed by atoms with van der Waals surface area (Å²) < 4.78 is 0.783. The lowest BCUT2D eigenvalue weighted by Gasteiger charge is -2.14. The Hall–Kier alpha value is -0.550. The molecule has 6 heteroatoms. The summed E-state index contributed by atoms with van der Waals surface area (Å²) in [7, 11) is 0. The van der Waals surface area contributed by atoms with Crippen molar-refractivity contribution in [3.8, 4) is 0 Å². The number of nitrogens with one attached hydrogen (secondary N) is 2. The van der Waals surface area contributed by atoms with Crippen LogP contribution in [0.1, 0.15) is 17.7 Å². The van der Waals surface area contributed by atoms with E-state index in [1.807, 2.05) is 12.1 Å². The van der Waals surface area contributed by atoms with Gasteiger partial charge < -0.3 is 10.6 Å². The van der Waals surface area contributed by atoms with E-state index in [2.05, 4.69) is 16.7 Å². The Balaban J connectivity index is 0.00000180. The summed E-state index contributed by atoms with van der Waals surface area (Å²) in [4.78, 5) is 12.8. The summed E-state index contributed by atoms with van der Waals surface area (Å²) in [5.41, 5.74) is 1.32.